The molecular weight excluding hydrogens is 182 g/mol. The van der Waals surface area contributed by atoms with Gasteiger partial charge >= 0.3 is 6.09 Å². The second kappa shape index (κ2) is 5.20. The van der Waals surface area contributed by atoms with Gasteiger partial charge in [0.1, 0.15) is 0 Å². The highest BCUT2D eigenvalue weighted by molar-refractivity contribution is 5.68. The molecule has 0 spiro atoms. The van der Waals surface area contributed by atoms with Gasteiger partial charge in [-0.3, -0.25) is 0 Å². The summed E-state index contributed by atoms with van der Waals surface area (Å²) < 4.78 is 5.03. The molecule has 4 nitrogen and oxygen atoms in total. The molecule has 0 radical (unpaired) electrons. The molecule has 0 aliphatic carbocycles. The molecule has 0 unspecified atom stereocenters. The number of nitrogens with zero attached hydrogens (tertiary/aromatic N) is 1. The Balaban J connectivity index is 4.12. The van der Waals surface area contributed by atoms with Gasteiger partial charge in [-0.2, -0.15) is 0 Å². The second-order valence-electron chi connectivity index (χ2n) is 4.50. The zero-order chi connectivity index (χ0) is 11.4. The highest BCUT2D eigenvalue weighted by Gasteiger charge is 2.27. The summed E-state index contributed by atoms with van der Waals surface area (Å²) in [5.41, 5.74) is -0.575. The summed E-state index contributed by atoms with van der Waals surface area (Å²) in [6.07, 6.45) is -0.391. The summed E-state index contributed by atoms with van der Waals surface area (Å²) in [6, 6.07) is 0. The first-order valence-electron chi connectivity index (χ1n) is 4.82. The van der Waals surface area contributed by atoms with Crippen LogP contribution in [0.3, 0.4) is 0 Å². The van der Waals surface area contributed by atoms with E-state index in [1.807, 2.05) is 13.8 Å². The van der Waals surface area contributed by atoms with Gasteiger partial charge in [0.2, 0.25) is 0 Å². The number of aliphatic hydroxyl groups is 1. The van der Waals surface area contributed by atoms with E-state index in [4.69, 9.17) is 9.84 Å². The van der Waals surface area contributed by atoms with Crippen molar-refractivity contribution in [3.05, 3.63) is 0 Å². The summed E-state index contributed by atoms with van der Waals surface area (Å²) in [7, 11) is 1.62. The van der Waals surface area contributed by atoms with E-state index in [0.717, 1.165) is 0 Å². The predicted molar refractivity (Wildman–Crippen MR) is 55.1 cm³/mol. The Morgan fingerprint density at radius 3 is 2.36 bits per heavy atom. The van der Waals surface area contributed by atoms with Crippen molar-refractivity contribution in [3.8, 4) is 0 Å². The summed E-state index contributed by atoms with van der Waals surface area (Å²) >= 11 is 0. The molecule has 0 aliphatic rings. The van der Waals surface area contributed by atoms with Crippen LogP contribution in [0.5, 0.6) is 0 Å². The first-order valence-corrected chi connectivity index (χ1v) is 4.82. The van der Waals surface area contributed by atoms with Crippen LogP contribution < -0.4 is 0 Å². The number of carbonyl (C=O) groups is 1. The van der Waals surface area contributed by atoms with Crippen LogP contribution in [-0.2, 0) is 4.74 Å². The van der Waals surface area contributed by atoms with E-state index in [-0.39, 0.29) is 6.61 Å². The zero-order valence-electron chi connectivity index (χ0n) is 9.70. The van der Waals surface area contributed by atoms with Crippen molar-refractivity contribution >= 4 is 6.09 Å². The third kappa shape index (κ3) is 3.96. The Kier molecular flexibility index (Phi) is 4.91. The van der Waals surface area contributed by atoms with Gasteiger partial charge < -0.3 is 14.7 Å². The van der Waals surface area contributed by atoms with Gasteiger partial charge in [0.15, 0.2) is 0 Å². The fraction of sp³-hybridized carbons (Fsp3) is 0.900. The minimum absolute atomic E-state index is 0.0831. The minimum Gasteiger partial charge on any atom is -0.449 e. The van der Waals surface area contributed by atoms with Gasteiger partial charge in [-0.1, -0.05) is 13.8 Å². The number of amides is 1. The normalized spacial score (nSPS) is 11.6. The lowest BCUT2D eigenvalue weighted by Crippen LogP contribution is -2.48. The van der Waals surface area contributed by atoms with Gasteiger partial charge in [-0.05, 0) is 19.8 Å². The summed E-state index contributed by atoms with van der Waals surface area (Å²) in [6.45, 7) is 7.84. The fourth-order valence-corrected chi connectivity index (χ4v) is 0.688. The Morgan fingerprint density at radius 2 is 2.00 bits per heavy atom. The average molecular weight is 203 g/mol. The number of likely N-dealkylation sites (N-methyl/N-ethyl adjacent to an activating group) is 1. The van der Waals surface area contributed by atoms with Crippen LogP contribution in [0, 0.1) is 5.92 Å². The highest BCUT2D eigenvalue weighted by Crippen LogP contribution is 2.12. The molecule has 0 aliphatic heterocycles. The highest BCUT2D eigenvalue weighted by atomic mass is 16.6. The van der Waals surface area contributed by atoms with E-state index in [9.17, 15) is 4.79 Å². The fourth-order valence-electron chi connectivity index (χ4n) is 0.688. The first-order chi connectivity index (χ1) is 6.31. The molecule has 1 amide bonds. The maximum Gasteiger partial charge on any atom is 0.410 e. The Bertz CT molecular complexity index is 190. The third-order valence-corrected chi connectivity index (χ3v) is 2.11. The number of ether oxygens (including phenoxy) is 1. The molecule has 0 atom stereocenters. The third-order valence-electron chi connectivity index (χ3n) is 2.11. The molecule has 0 aromatic carbocycles. The molecule has 14 heavy (non-hydrogen) atoms. The van der Waals surface area contributed by atoms with Crippen molar-refractivity contribution in [2.75, 3.05) is 20.3 Å². The number of hydrogen-bond acceptors (Lipinski definition) is 3. The van der Waals surface area contributed by atoms with Crippen molar-refractivity contribution in [1.82, 2.24) is 4.90 Å². The molecule has 0 bridgehead atoms. The number of rotatable bonds is 4. The average Bonchev–Trinajstić information content (AvgIpc) is 2.12. The van der Waals surface area contributed by atoms with E-state index in [1.165, 1.54) is 4.90 Å². The standard InChI is InChI=1S/C10H21NO3/c1-8(2)6-14-9(13)11(5)10(3,4)7-12/h8,12H,6-7H2,1-5H3. The Hall–Kier alpha value is -0.770. The molecular formula is C10H21NO3. The number of aliphatic hydroxyl groups excluding tert-OH is 1. The molecule has 0 aromatic rings. The summed E-state index contributed by atoms with van der Waals surface area (Å²) in [5.74, 6) is 0.324. The zero-order valence-corrected chi connectivity index (χ0v) is 9.70. The van der Waals surface area contributed by atoms with Gasteiger partial charge in [0, 0.05) is 7.05 Å². The van der Waals surface area contributed by atoms with Crippen LogP contribution in [0.1, 0.15) is 27.7 Å². The molecule has 0 saturated carbocycles. The van der Waals surface area contributed by atoms with Crippen LogP contribution >= 0.6 is 0 Å². The molecule has 0 aromatic heterocycles. The smallest absolute Gasteiger partial charge is 0.410 e. The lowest BCUT2D eigenvalue weighted by molar-refractivity contribution is 0.0440. The van der Waals surface area contributed by atoms with Crippen LogP contribution in [0.25, 0.3) is 0 Å². The molecule has 4 heteroatoms. The van der Waals surface area contributed by atoms with Gasteiger partial charge in [-0.15, -0.1) is 0 Å². The predicted octanol–water partition coefficient (Wildman–Crippen LogP) is 1.48. The van der Waals surface area contributed by atoms with Gasteiger partial charge in [0.25, 0.3) is 0 Å². The molecule has 0 saturated heterocycles. The summed E-state index contributed by atoms with van der Waals surface area (Å²) in [4.78, 5) is 12.9. The Morgan fingerprint density at radius 1 is 1.50 bits per heavy atom. The topological polar surface area (TPSA) is 49.8 Å². The van der Waals surface area contributed by atoms with Gasteiger partial charge in [0.05, 0.1) is 18.8 Å². The van der Waals surface area contributed by atoms with Crippen molar-refractivity contribution in [2.24, 2.45) is 5.92 Å². The van der Waals surface area contributed by atoms with E-state index in [2.05, 4.69) is 0 Å². The first kappa shape index (κ1) is 13.2. The van der Waals surface area contributed by atoms with Crippen molar-refractivity contribution in [1.29, 1.82) is 0 Å². The largest absolute Gasteiger partial charge is 0.449 e. The monoisotopic (exact) mass is 203 g/mol. The molecule has 0 heterocycles. The lowest BCUT2D eigenvalue weighted by Gasteiger charge is -2.33. The quantitative estimate of drug-likeness (QED) is 0.753. The number of carbonyl (C=O) groups excluding carboxylic acids is 1. The van der Waals surface area contributed by atoms with Crippen LogP contribution in [0.4, 0.5) is 4.79 Å². The molecule has 1 N–H and O–H groups in total. The van der Waals surface area contributed by atoms with Crippen molar-refractivity contribution in [2.45, 2.75) is 33.2 Å². The SMILES string of the molecule is CC(C)COC(=O)N(C)C(C)(C)CO. The minimum atomic E-state index is -0.575. The molecule has 0 fully saturated rings. The van der Waals surface area contributed by atoms with E-state index < -0.39 is 11.6 Å². The molecule has 0 rings (SSSR count). The van der Waals surface area contributed by atoms with Crippen molar-refractivity contribution in [3.63, 3.8) is 0 Å². The number of hydrogen-bond donors (Lipinski definition) is 1. The summed E-state index contributed by atoms with van der Waals surface area (Å²) in [5, 5.41) is 9.04. The van der Waals surface area contributed by atoms with Crippen LogP contribution in [0.15, 0.2) is 0 Å². The van der Waals surface area contributed by atoms with E-state index in [1.54, 1.807) is 20.9 Å². The second-order valence-corrected chi connectivity index (χ2v) is 4.50. The van der Waals surface area contributed by atoms with Crippen LogP contribution in [-0.4, -0.2) is 41.9 Å². The van der Waals surface area contributed by atoms with Crippen molar-refractivity contribution < 1.29 is 14.6 Å². The lowest BCUT2D eigenvalue weighted by atomic mass is 10.1. The Labute approximate surface area is 85.9 Å². The van der Waals surface area contributed by atoms with E-state index in [0.29, 0.717) is 12.5 Å². The maximum absolute atomic E-state index is 11.4. The molecule has 84 valence electrons. The van der Waals surface area contributed by atoms with Gasteiger partial charge in [-0.25, -0.2) is 4.79 Å². The maximum atomic E-state index is 11.4. The van der Waals surface area contributed by atoms with Crippen LogP contribution in [0.2, 0.25) is 0 Å². The van der Waals surface area contributed by atoms with E-state index >= 15 is 0 Å².